The molecule has 0 aliphatic carbocycles. The zero-order valence-electron chi connectivity index (χ0n) is 18.6. The number of carbonyl (C=O) groups excluding carboxylic acids is 1. The van der Waals surface area contributed by atoms with Gasteiger partial charge >= 0.3 is 5.97 Å². The average Bonchev–Trinajstić information content (AvgIpc) is 2.87. The molecule has 0 spiro atoms. The van der Waals surface area contributed by atoms with Crippen LogP contribution >= 0.6 is 11.8 Å². The van der Waals surface area contributed by atoms with Crippen LogP contribution in [-0.2, 0) is 20.8 Å². The molecule has 3 aromatic carbocycles. The fraction of sp³-hybridized carbons (Fsp3) is 0.269. The summed E-state index contributed by atoms with van der Waals surface area (Å²) in [6, 6.07) is 27.5. The van der Waals surface area contributed by atoms with Gasteiger partial charge in [-0.2, -0.15) is 0 Å². The molecule has 1 heterocycles. The predicted molar refractivity (Wildman–Crippen MR) is 130 cm³/mol. The van der Waals surface area contributed by atoms with Gasteiger partial charge in [0.1, 0.15) is 23.7 Å². The lowest BCUT2D eigenvalue weighted by molar-refractivity contribution is -0.164. The first kappa shape index (κ1) is 23.9. The molecule has 0 aromatic heterocycles. The second kappa shape index (κ2) is 11.7. The Balaban J connectivity index is 1.60. The van der Waals surface area contributed by atoms with Gasteiger partial charge in [-0.15, -0.1) is 0 Å². The quantitative estimate of drug-likeness (QED) is 0.172. The van der Waals surface area contributed by atoms with Crippen molar-refractivity contribution in [3.8, 4) is 0 Å². The second-order valence-electron chi connectivity index (χ2n) is 7.83. The maximum Gasteiger partial charge on any atom is 0.338 e. The lowest BCUT2D eigenvalue weighted by Gasteiger charge is -2.43. The molecule has 0 N–H and O–H groups in total. The third-order valence-corrected chi connectivity index (χ3v) is 6.63. The highest BCUT2D eigenvalue weighted by atomic mass is 32.2. The van der Waals surface area contributed by atoms with Gasteiger partial charge in [-0.25, -0.2) is 4.79 Å². The van der Waals surface area contributed by atoms with E-state index in [4.69, 9.17) is 14.2 Å². The van der Waals surface area contributed by atoms with E-state index < -0.39 is 35.8 Å². The smallest absolute Gasteiger partial charge is 0.338 e. The van der Waals surface area contributed by atoms with Crippen molar-refractivity contribution in [2.45, 2.75) is 48.2 Å². The highest BCUT2D eigenvalue weighted by Gasteiger charge is 2.47. The maximum atomic E-state index is 12.8. The van der Waals surface area contributed by atoms with Crippen LogP contribution in [0.1, 0.15) is 22.8 Å². The Labute approximate surface area is 202 Å². The number of azide groups is 1. The molecule has 8 heteroatoms. The van der Waals surface area contributed by atoms with E-state index in [1.54, 1.807) is 24.3 Å². The van der Waals surface area contributed by atoms with E-state index in [0.29, 0.717) is 12.2 Å². The largest absolute Gasteiger partial charge is 0.455 e. The molecule has 0 saturated carbocycles. The summed E-state index contributed by atoms with van der Waals surface area (Å²) in [4.78, 5) is 16.9. The van der Waals surface area contributed by atoms with Gasteiger partial charge in [-0.1, -0.05) is 83.6 Å². The number of hydrogen-bond donors (Lipinski definition) is 0. The Hall–Kier alpha value is -3.29. The lowest BCUT2D eigenvalue weighted by Crippen LogP contribution is -2.57. The van der Waals surface area contributed by atoms with Gasteiger partial charge in [0.2, 0.25) is 0 Å². The van der Waals surface area contributed by atoms with Crippen LogP contribution in [0.15, 0.2) is 101 Å². The van der Waals surface area contributed by atoms with Crippen molar-refractivity contribution in [3.63, 3.8) is 0 Å². The molecule has 1 saturated heterocycles. The van der Waals surface area contributed by atoms with Gasteiger partial charge in [0.25, 0.3) is 0 Å². The number of esters is 1. The van der Waals surface area contributed by atoms with Gasteiger partial charge in [0, 0.05) is 9.81 Å². The Morgan fingerprint density at radius 3 is 2.24 bits per heavy atom. The van der Waals surface area contributed by atoms with Crippen LogP contribution in [0.4, 0.5) is 0 Å². The van der Waals surface area contributed by atoms with E-state index in [1.807, 2.05) is 73.7 Å². The third kappa shape index (κ3) is 5.98. The van der Waals surface area contributed by atoms with E-state index in [0.717, 1.165) is 10.5 Å². The SMILES string of the molecule is C[C@H]1O[C@@H](Sc2ccccc2)[C@H](OCc2ccccc2)[C@@H](N=[N+]=[N-])[C@@H]1OC(=O)c1ccccc1. The lowest BCUT2D eigenvalue weighted by atomic mass is 9.98. The Kier molecular flexibility index (Phi) is 8.22. The summed E-state index contributed by atoms with van der Waals surface area (Å²) in [6.07, 6.45) is -1.97. The van der Waals surface area contributed by atoms with Crippen LogP contribution in [-0.4, -0.2) is 35.8 Å². The number of carbonyl (C=O) groups is 1. The van der Waals surface area contributed by atoms with Gasteiger partial charge in [-0.05, 0) is 42.3 Å². The molecule has 1 aliphatic heterocycles. The van der Waals surface area contributed by atoms with Crippen molar-refractivity contribution in [2.75, 3.05) is 0 Å². The summed E-state index contributed by atoms with van der Waals surface area (Å²) < 4.78 is 18.4. The molecule has 4 rings (SSSR count). The molecule has 174 valence electrons. The van der Waals surface area contributed by atoms with Crippen molar-refractivity contribution in [1.82, 2.24) is 0 Å². The van der Waals surface area contributed by atoms with E-state index in [1.165, 1.54) is 11.8 Å². The molecule has 3 aromatic rings. The zero-order chi connectivity index (χ0) is 23.8. The normalized spacial score (nSPS) is 24.1. The molecule has 1 aliphatic rings. The van der Waals surface area contributed by atoms with Crippen LogP contribution in [0, 0.1) is 0 Å². The molecular formula is C26H25N3O4S. The van der Waals surface area contributed by atoms with Gasteiger partial charge in [-0.3, -0.25) is 0 Å². The molecule has 34 heavy (non-hydrogen) atoms. The first-order chi connectivity index (χ1) is 16.7. The molecule has 5 atom stereocenters. The minimum absolute atomic E-state index is 0.298. The molecule has 7 nitrogen and oxygen atoms in total. The Morgan fingerprint density at radius 1 is 0.971 bits per heavy atom. The second-order valence-corrected chi connectivity index (χ2v) is 9.00. The zero-order valence-corrected chi connectivity index (χ0v) is 19.5. The molecule has 0 radical (unpaired) electrons. The average molecular weight is 476 g/mol. The number of ether oxygens (including phenoxy) is 3. The standard InChI is InChI=1S/C26H25N3O4S/c1-18-23(33-25(30)20-13-7-3-8-14-20)22(28-29-27)24(31-17-19-11-5-2-6-12-19)26(32-18)34-21-15-9-4-10-16-21/h2-16,18,22-24,26H,17H2,1H3/t18-,22+,23-,24-,26+/m1/s1. The van der Waals surface area contributed by atoms with Crippen LogP contribution in [0.2, 0.25) is 0 Å². The summed E-state index contributed by atoms with van der Waals surface area (Å²) in [6.45, 7) is 2.11. The molecular weight excluding hydrogens is 450 g/mol. The minimum atomic E-state index is -0.808. The Bertz CT molecular complexity index is 1110. The van der Waals surface area contributed by atoms with Gasteiger partial charge < -0.3 is 14.2 Å². The van der Waals surface area contributed by atoms with Gasteiger partial charge in [0.15, 0.2) is 0 Å². The van der Waals surface area contributed by atoms with E-state index >= 15 is 0 Å². The maximum absolute atomic E-state index is 12.8. The highest BCUT2D eigenvalue weighted by molar-refractivity contribution is 7.99. The number of benzene rings is 3. The topological polar surface area (TPSA) is 93.5 Å². The van der Waals surface area contributed by atoms with Crippen molar-refractivity contribution in [3.05, 3.63) is 113 Å². The molecule has 0 unspecified atom stereocenters. The van der Waals surface area contributed by atoms with Crippen molar-refractivity contribution in [2.24, 2.45) is 5.11 Å². The summed E-state index contributed by atoms with van der Waals surface area (Å²) in [7, 11) is 0. The molecule has 0 bridgehead atoms. The van der Waals surface area contributed by atoms with Crippen molar-refractivity contribution in [1.29, 1.82) is 0 Å². The monoisotopic (exact) mass is 475 g/mol. The first-order valence-corrected chi connectivity index (χ1v) is 11.9. The van der Waals surface area contributed by atoms with Crippen LogP contribution < -0.4 is 0 Å². The van der Waals surface area contributed by atoms with Crippen molar-refractivity contribution < 1.29 is 19.0 Å². The molecule has 1 fully saturated rings. The number of thioether (sulfide) groups is 1. The van der Waals surface area contributed by atoms with Crippen LogP contribution in [0.5, 0.6) is 0 Å². The fourth-order valence-corrected chi connectivity index (χ4v) is 4.97. The third-order valence-electron chi connectivity index (χ3n) is 5.47. The predicted octanol–water partition coefficient (Wildman–Crippen LogP) is 6.01. The fourth-order valence-electron chi connectivity index (χ4n) is 3.79. The molecule has 0 amide bonds. The summed E-state index contributed by atoms with van der Waals surface area (Å²) >= 11 is 1.49. The van der Waals surface area contributed by atoms with E-state index in [2.05, 4.69) is 10.0 Å². The van der Waals surface area contributed by atoms with E-state index in [-0.39, 0.29) is 0 Å². The first-order valence-electron chi connectivity index (χ1n) is 11.0. The summed E-state index contributed by atoms with van der Waals surface area (Å²) in [5.41, 5.74) is 10.3. The van der Waals surface area contributed by atoms with Crippen molar-refractivity contribution >= 4 is 17.7 Å². The van der Waals surface area contributed by atoms with Crippen LogP contribution in [0.25, 0.3) is 10.4 Å². The minimum Gasteiger partial charge on any atom is -0.455 e. The van der Waals surface area contributed by atoms with E-state index in [9.17, 15) is 10.3 Å². The number of hydrogen-bond acceptors (Lipinski definition) is 6. The summed E-state index contributed by atoms with van der Waals surface area (Å²) in [5, 5.41) is 4.03. The van der Waals surface area contributed by atoms with Crippen LogP contribution in [0.3, 0.4) is 0 Å². The number of rotatable bonds is 8. The highest BCUT2D eigenvalue weighted by Crippen LogP contribution is 2.37. The Morgan fingerprint density at radius 2 is 1.59 bits per heavy atom. The summed E-state index contributed by atoms with van der Waals surface area (Å²) in [5.74, 6) is -0.504. The van der Waals surface area contributed by atoms with Gasteiger partial charge in [0.05, 0.1) is 18.3 Å². The number of nitrogens with zero attached hydrogens (tertiary/aromatic N) is 3.